The first-order valence-electron chi connectivity index (χ1n) is 9.26. The number of likely N-dealkylation sites (tertiary alicyclic amines) is 1. The van der Waals surface area contributed by atoms with Gasteiger partial charge in [-0.05, 0) is 58.7 Å². The third kappa shape index (κ3) is 3.30. The Hall–Kier alpha value is -0.120. The molecule has 0 saturated carbocycles. The Morgan fingerprint density at radius 1 is 0.952 bits per heavy atom. The number of piperidine rings is 2. The Kier molecular flexibility index (Phi) is 4.92. The van der Waals surface area contributed by atoms with Crippen LogP contribution in [0.2, 0.25) is 0 Å². The van der Waals surface area contributed by atoms with Crippen LogP contribution >= 0.6 is 0 Å². The minimum Gasteiger partial charge on any atom is -0.304 e. The predicted molar refractivity (Wildman–Crippen MR) is 89.7 cm³/mol. The molecule has 3 nitrogen and oxygen atoms in total. The van der Waals surface area contributed by atoms with E-state index in [1.54, 1.807) is 0 Å². The second kappa shape index (κ2) is 6.55. The van der Waals surface area contributed by atoms with E-state index in [-0.39, 0.29) is 0 Å². The summed E-state index contributed by atoms with van der Waals surface area (Å²) in [6.07, 6.45) is 7.05. The molecule has 3 fully saturated rings. The summed E-state index contributed by atoms with van der Waals surface area (Å²) in [6.45, 7) is 12.6. The van der Waals surface area contributed by atoms with Gasteiger partial charge in [-0.3, -0.25) is 9.80 Å². The molecule has 3 aliphatic rings. The highest BCUT2D eigenvalue weighted by Crippen LogP contribution is 2.32. The summed E-state index contributed by atoms with van der Waals surface area (Å²) in [6, 6.07) is 3.21. The number of hydrogen-bond donors (Lipinski definition) is 0. The first kappa shape index (κ1) is 15.8. The summed E-state index contributed by atoms with van der Waals surface area (Å²) in [5.74, 6) is 0.780. The first-order valence-corrected chi connectivity index (χ1v) is 9.26. The van der Waals surface area contributed by atoms with Gasteiger partial charge in [0, 0.05) is 37.3 Å². The molecule has 4 unspecified atom stereocenters. The van der Waals surface area contributed by atoms with Crippen LogP contribution in [-0.2, 0) is 0 Å². The Morgan fingerprint density at radius 2 is 1.76 bits per heavy atom. The Bertz CT molecular complexity index is 343. The molecule has 0 aromatic rings. The lowest BCUT2D eigenvalue weighted by atomic mass is 9.87. The number of rotatable bonds is 2. The maximum atomic E-state index is 2.93. The van der Waals surface area contributed by atoms with Crippen LogP contribution in [0.3, 0.4) is 0 Å². The fourth-order valence-corrected chi connectivity index (χ4v) is 4.81. The minimum absolute atomic E-state index is 0.751. The molecule has 21 heavy (non-hydrogen) atoms. The largest absolute Gasteiger partial charge is 0.304 e. The van der Waals surface area contributed by atoms with Crippen molar-refractivity contribution in [2.75, 3.05) is 33.2 Å². The van der Waals surface area contributed by atoms with Gasteiger partial charge in [0.05, 0.1) is 0 Å². The molecule has 0 amide bonds. The van der Waals surface area contributed by atoms with E-state index in [1.807, 2.05) is 0 Å². The van der Waals surface area contributed by atoms with Crippen molar-refractivity contribution in [3.05, 3.63) is 0 Å². The molecule has 0 spiro atoms. The number of nitrogens with zero attached hydrogens (tertiary/aromatic N) is 3. The average Bonchev–Trinajstić information content (AvgIpc) is 2.48. The average molecular weight is 293 g/mol. The second-order valence-corrected chi connectivity index (χ2v) is 8.16. The lowest BCUT2D eigenvalue weighted by molar-refractivity contribution is -0.0472. The van der Waals surface area contributed by atoms with Crippen molar-refractivity contribution in [2.24, 2.45) is 5.92 Å². The van der Waals surface area contributed by atoms with E-state index in [9.17, 15) is 0 Å². The van der Waals surface area contributed by atoms with E-state index >= 15 is 0 Å². The second-order valence-electron chi connectivity index (χ2n) is 8.16. The van der Waals surface area contributed by atoms with Crippen molar-refractivity contribution >= 4 is 0 Å². The lowest BCUT2D eigenvalue weighted by Crippen LogP contribution is -2.64. The van der Waals surface area contributed by atoms with Gasteiger partial charge >= 0.3 is 0 Å². The summed E-state index contributed by atoms with van der Waals surface area (Å²) in [5, 5.41) is 0. The van der Waals surface area contributed by atoms with E-state index in [0.717, 1.165) is 30.1 Å². The van der Waals surface area contributed by atoms with Crippen LogP contribution in [0.15, 0.2) is 0 Å². The van der Waals surface area contributed by atoms with Crippen LogP contribution in [0.25, 0.3) is 0 Å². The molecule has 3 heteroatoms. The van der Waals surface area contributed by atoms with Crippen molar-refractivity contribution < 1.29 is 0 Å². The summed E-state index contributed by atoms with van der Waals surface area (Å²) in [7, 11) is 2.29. The zero-order chi connectivity index (χ0) is 15.0. The van der Waals surface area contributed by atoms with Gasteiger partial charge in [-0.15, -0.1) is 0 Å². The minimum atomic E-state index is 0.751. The standard InChI is InChI=1S/C18H35N3/c1-14(2)18-13-20-9-6-5-7-17(20)12-21(18)16-8-10-19(4)15(3)11-16/h14-18H,5-13H2,1-4H3. The predicted octanol–water partition coefficient (Wildman–Crippen LogP) is 2.66. The highest BCUT2D eigenvalue weighted by molar-refractivity contribution is 4.96. The topological polar surface area (TPSA) is 9.72 Å². The molecule has 3 rings (SSSR count). The third-order valence-corrected chi connectivity index (χ3v) is 6.44. The van der Waals surface area contributed by atoms with Crippen molar-refractivity contribution in [2.45, 2.75) is 77.0 Å². The molecule has 3 heterocycles. The molecule has 0 N–H and O–H groups in total. The maximum absolute atomic E-state index is 2.93. The summed E-state index contributed by atoms with van der Waals surface area (Å²) < 4.78 is 0. The smallest absolute Gasteiger partial charge is 0.0249 e. The van der Waals surface area contributed by atoms with Crippen LogP contribution in [0.4, 0.5) is 0 Å². The van der Waals surface area contributed by atoms with Gasteiger partial charge in [0.2, 0.25) is 0 Å². The molecular formula is C18H35N3. The van der Waals surface area contributed by atoms with Gasteiger partial charge in [-0.1, -0.05) is 20.3 Å². The van der Waals surface area contributed by atoms with E-state index in [1.165, 1.54) is 58.3 Å². The van der Waals surface area contributed by atoms with Gasteiger partial charge < -0.3 is 4.90 Å². The fourth-order valence-electron chi connectivity index (χ4n) is 4.81. The van der Waals surface area contributed by atoms with Gasteiger partial charge in [-0.2, -0.15) is 0 Å². The molecule has 4 atom stereocenters. The molecule has 122 valence electrons. The maximum Gasteiger partial charge on any atom is 0.0249 e. The Balaban J connectivity index is 1.71. The van der Waals surface area contributed by atoms with Crippen LogP contribution in [0.1, 0.15) is 52.9 Å². The summed E-state index contributed by atoms with van der Waals surface area (Å²) in [4.78, 5) is 8.28. The van der Waals surface area contributed by atoms with Crippen LogP contribution in [-0.4, -0.2) is 72.1 Å². The van der Waals surface area contributed by atoms with Crippen molar-refractivity contribution in [3.63, 3.8) is 0 Å². The van der Waals surface area contributed by atoms with Gasteiger partial charge in [0.1, 0.15) is 0 Å². The lowest BCUT2D eigenvalue weighted by Gasteiger charge is -2.54. The first-order chi connectivity index (χ1) is 10.1. The molecule has 0 aromatic carbocycles. The zero-order valence-electron chi connectivity index (χ0n) is 14.6. The Labute approximate surface area is 131 Å². The molecule has 0 aromatic heterocycles. The monoisotopic (exact) mass is 293 g/mol. The highest BCUT2D eigenvalue weighted by Gasteiger charge is 2.40. The molecule has 0 radical (unpaired) electrons. The van der Waals surface area contributed by atoms with E-state index in [4.69, 9.17) is 0 Å². The summed E-state index contributed by atoms with van der Waals surface area (Å²) in [5.41, 5.74) is 0. The van der Waals surface area contributed by atoms with Crippen LogP contribution < -0.4 is 0 Å². The van der Waals surface area contributed by atoms with E-state index < -0.39 is 0 Å². The number of hydrogen-bond acceptors (Lipinski definition) is 3. The zero-order valence-corrected chi connectivity index (χ0v) is 14.6. The van der Waals surface area contributed by atoms with E-state index in [0.29, 0.717) is 0 Å². The van der Waals surface area contributed by atoms with Crippen LogP contribution in [0.5, 0.6) is 0 Å². The van der Waals surface area contributed by atoms with Gasteiger partial charge in [-0.25, -0.2) is 0 Å². The quantitative estimate of drug-likeness (QED) is 0.775. The molecule has 3 aliphatic heterocycles. The Morgan fingerprint density at radius 3 is 2.48 bits per heavy atom. The SMILES string of the molecule is CC(C)C1CN2CCCCC2CN1C1CCN(C)C(C)C1. The number of piperazine rings is 1. The third-order valence-electron chi connectivity index (χ3n) is 6.44. The van der Waals surface area contributed by atoms with Crippen molar-refractivity contribution in [1.82, 2.24) is 14.7 Å². The molecular weight excluding hydrogens is 258 g/mol. The van der Waals surface area contributed by atoms with Gasteiger partial charge in [0.15, 0.2) is 0 Å². The summed E-state index contributed by atoms with van der Waals surface area (Å²) >= 11 is 0. The number of fused-ring (bicyclic) bond motifs is 1. The van der Waals surface area contributed by atoms with E-state index in [2.05, 4.69) is 42.5 Å². The molecule has 0 aliphatic carbocycles. The van der Waals surface area contributed by atoms with Crippen molar-refractivity contribution in [1.29, 1.82) is 0 Å². The highest BCUT2D eigenvalue weighted by atomic mass is 15.3. The molecule has 3 saturated heterocycles. The van der Waals surface area contributed by atoms with Crippen LogP contribution in [0, 0.1) is 5.92 Å². The fraction of sp³-hybridized carbons (Fsp3) is 1.00. The normalized spacial score (nSPS) is 40.4. The molecule has 0 bridgehead atoms. The van der Waals surface area contributed by atoms with Gasteiger partial charge in [0.25, 0.3) is 0 Å². The van der Waals surface area contributed by atoms with Crippen molar-refractivity contribution in [3.8, 4) is 0 Å².